The van der Waals surface area contributed by atoms with Crippen molar-refractivity contribution in [3.05, 3.63) is 123 Å². The number of nitrogens with one attached hydrogen (secondary N) is 1. The second-order valence-electron chi connectivity index (χ2n) is 11.2. The maximum absolute atomic E-state index is 14.2. The number of alkyl halides is 1. The molecule has 0 spiro atoms. The van der Waals surface area contributed by atoms with Gasteiger partial charge in [-0.15, -0.1) is 11.6 Å². The first-order valence-electron chi connectivity index (χ1n) is 15.2. The van der Waals surface area contributed by atoms with Gasteiger partial charge in [-0.05, 0) is 85.7 Å². The van der Waals surface area contributed by atoms with Gasteiger partial charge in [-0.2, -0.15) is 10.4 Å². The molecule has 0 radical (unpaired) electrons. The van der Waals surface area contributed by atoms with Gasteiger partial charge in [-0.1, -0.05) is 29.7 Å². The lowest BCUT2D eigenvalue weighted by molar-refractivity contribution is 0.0682. The molecule has 1 fully saturated rings. The zero-order valence-electron chi connectivity index (χ0n) is 26.4. The van der Waals surface area contributed by atoms with Crippen molar-refractivity contribution in [2.75, 3.05) is 19.5 Å². The van der Waals surface area contributed by atoms with Crippen molar-refractivity contribution < 1.29 is 14.0 Å². The van der Waals surface area contributed by atoms with Crippen molar-refractivity contribution in [3.8, 4) is 17.9 Å². The summed E-state index contributed by atoms with van der Waals surface area (Å²) < 4.78 is 17.6. The largest absolute Gasteiger partial charge is 0.347 e. The van der Waals surface area contributed by atoms with E-state index in [1.165, 1.54) is 18.5 Å². The molecule has 5 aromatic rings. The molecule has 0 bridgehead atoms. The lowest BCUT2D eigenvalue weighted by atomic mass is 9.95. The van der Waals surface area contributed by atoms with E-state index in [4.69, 9.17) is 11.6 Å². The minimum atomic E-state index is -0.502. The molecule has 1 saturated heterocycles. The number of rotatable bonds is 6. The van der Waals surface area contributed by atoms with Crippen LogP contribution in [-0.2, 0) is 13.1 Å². The molecule has 0 atom stereocenters. The molecule has 48 heavy (non-hydrogen) atoms. The molecular weight excluding hydrogens is 652 g/mol. The van der Waals surface area contributed by atoms with E-state index in [1.807, 2.05) is 42.2 Å². The molecule has 244 valence electrons. The van der Waals surface area contributed by atoms with Crippen molar-refractivity contribution in [3.63, 3.8) is 0 Å². The third-order valence-electron chi connectivity index (χ3n) is 8.25. The number of halogens is 3. The lowest BCUT2D eigenvalue weighted by Crippen LogP contribution is -2.39. The Bertz CT molecular complexity index is 2040. The van der Waals surface area contributed by atoms with Crippen LogP contribution in [0.25, 0.3) is 5.65 Å². The molecule has 1 N–H and O–H groups in total. The Hall–Kier alpha value is -5.16. The van der Waals surface area contributed by atoms with E-state index in [-0.39, 0.29) is 29.0 Å². The molecule has 6 rings (SSSR count). The second-order valence-corrected chi connectivity index (χ2v) is 11.6. The lowest BCUT2D eigenvalue weighted by Gasteiger charge is -2.32. The normalized spacial score (nSPS) is 12.8. The van der Waals surface area contributed by atoms with Gasteiger partial charge in [-0.25, -0.2) is 13.9 Å². The first kappa shape index (κ1) is 34.2. The number of amides is 2. The van der Waals surface area contributed by atoms with Gasteiger partial charge in [-0.3, -0.25) is 9.59 Å². The summed E-state index contributed by atoms with van der Waals surface area (Å²) >= 11 is 10.7. The number of piperidine rings is 1. The van der Waals surface area contributed by atoms with Crippen LogP contribution in [0.4, 0.5) is 4.39 Å². The van der Waals surface area contributed by atoms with Gasteiger partial charge in [0, 0.05) is 60.5 Å². The monoisotopic (exact) mass is 683 g/mol. The zero-order valence-corrected chi connectivity index (χ0v) is 27.9. The van der Waals surface area contributed by atoms with Crippen LogP contribution in [0.3, 0.4) is 0 Å². The van der Waals surface area contributed by atoms with Gasteiger partial charge in [0.05, 0.1) is 6.20 Å². The average molecular weight is 685 g/mol. The molecule has 12 heteroatoms. The van der Waals surface area contributed by atoms with Crippen molar-refractivity contribution in [2.45, 2.75) is 32.9 Å². The fourth-order valence-corrected chi connectivity index (χ4v) is 5.85. The van der Waals surface area contributed by atoms with Crippen LogP contribution >= 0.6 is 23.2 Å². The Labute approximate surface area is 287 Å². The number of benzene rings is 2. The number of likely N-dealkylation sites (tertiary alicyclic amines) is 1. The molecule has 0 unspecified atom stereocenters. The number of carbonyl (C=O) groups is 2. The van der Waals surface area contributed by atoms with Crippen LogP contribution < -0.4 is 5.32 Å². The molecular formula is C36H32Cl2FN7O2. The summed E-state index contributed by atoms with van der Waals surface area (Å²) in [5.41, 5.74) is 4.52. The maximum atomic E-state index is 14.2. The second kappa shape index (κ2) is 15.6. The van der Waals surface area contributed by atoms with Crippen LogP contribution in [-0.4, -0.2) is 55.4 Å². The molecule has 3 aromatic heterocycles. The van der Waals surface area contributed by atoms with Gasteiger partial charge in [0.2, 0.25) is 0 Å². The Kier molecular flexibility index (Phi) is 11.1. The van der Waals surface area contributed by atoms with Crippen molar-refractivity contribution >= 4 is 40.7 Å². The SMILES string of the molecule is CCl.Cc1ccc(C(=O)N2CCC(Cn3c(C#N)ccc3C(=O)NCc3c(F)cccc3Cl)CC2)cc1C#Cc1cnc2cccnn12. The third-order valence-corrected chi connectivity index (χ3v) is 8.60. The van der Waals surface area contributed by atoms with Crippen LogP contribution in [0.15, 0.2) is 73.1 Å². The molecule has 2 aromatic carbocycles. The summed E-state index contributed by atoms with van der Waals surface area (Å²) in [6, 6.07) is 18.9. The highest BCUT2D eigenvalue weighted by Crippen LogP contribution is 2.24. The predicted molar refractivity (Wildman–Crippen MR) is 182 cm³/mol. The fourth-order valence-electron chi connectivity index (χ4n) is 5.62. The zero-order chi connectivity index (χ0) is 34.2. The highest BCUT2D eigenvalue weighted by atomic mass is 35.5. The molecule has 9 nitrogen and oxygen atoms in total. The van der Waals surface area contributed by atoms with Gasteiger partial charge in [0.25, 0.3) is 11.8 Å². The minimum Gasteiger partial charge on any atom is -0.347 e. The number of nitriles is 1. The van der Waals surface area contributed by atoms with E-state index in [0.29, 0.717) is 60.8 Å². The average Bonchev–Trinajstić information content (AvgIpc) is 3.72. The van der Waals surface area contributed by atoms with E-state index >= 15 is 0 Å². The Morgan fingerprint density at radius 2 is 1.83 bits per heavy atom. The van der Waals surface area contributed by atoms with Crippen LogP contribution in [0.5, 0.6) is 0 Å². The van der Waals surface area contributed by atoms with E-state index in [0.717, 1.165) is 11.1 Å². The number of hydrogen-bond donors (Lipinski definition) is 1. The number of carbonyl (C=O) groups excluding carboxylic acids is 2. The van der Waals surface area contributed by atoms with E-state index in [9.17, 15) is 19.2 Å². The molecule has 4 heterocycles. The summed E-state index contributed by atoms with van der Waals surface area (Å²) in [6.07, 6.45) is 6.24. The molecule has 0 saturated carbocycles. The minimum absolute atomic E-state index is 0.0662. The van der Waals surface area contributed by atoms with Crippen molar-refractivity contribution in [1.29, 1.82) is 5.26 Å². The molecule has 2 amide bonds. The Balaban J connectivity index is 0.00000221. The van der Waals surface area contributed by atoms with E-state index < -0.39 is 11.7 Å². The Morgan fingerprint density at radius 3 is 2.58 bits per heavy atom. The number of aryl methyl sites for hydroxylation is 1. The van der Waals surface area contributed by atoms with E-state index in [1.54, 1.807) is 39.7 Å². The first-order valence-corrected chi connectivity index (χ1v) is 16.3. The summed E-state index contributed by atoms with van der Waals surface area (Å²) in [5, 5.41) is 17.0. The van der Waals surface area contributed by atoms with Crippen LogP contribution in [0.1, 0.15) is 61.8 Å². The maximum Gasteiger partial charge on any atom is 0.268 e. The van der Waals surface area contributed by atoms with Crippen molar-refractivity contribution in [2.24, 2.45) is 5.92 Å². The molecule has 1 aliphatic rings. The van der Waals surface area contributed by atoms with E-state index in [2.05, 4.69) is 44.9 Å². The van der Waals surface area contributed by atoms with Crippen molar-refractivity contribution in [1.82, 2.24) is 29.4 Å². The van der Waals surface area contributed by atoms with Gasteiger partial charge < -0.3 is 14.8 Å². The topological polar surface area (TPSA) is 108 Å². The number of imidazole rings is 1. The summed E-state index contributed by atoms with van der Waals surface area (Å²) in [7, 11) is 0. The Morgan fingerprint density at radius 1 is 1.04 bits per heavy atom. The number of fused-ring (bicyclic) bond motifs is 1. The summed E-state index contributed by atoms with van der Waals surface area (Å²) in [6.45, 7) is 3.41. The highest BCUT2D eigenvalue weighted by Gasteiger charge is 2.26. The van der Waals surface area contributed by atoms with Crippen LogP contribution in [0.2, 0.25) is 5.02 Å². The third kappa shape index (κ3) is 7.52. The molecule has 1 aliphatic heterocycles. The predicted octanol–water partition coefficient (Wildman–Crippen LogP) is 6.24. The number of hydrogen-bond acceptors (Lipinski definition) is 5. The van der Waals surface area contributed by atoms with Gasteiger partial charge in [0.15, 0.2) is 5.65 Å². The number of aromatic nitrogens is 4. The first-order chi connectivity index (χ1) is 23.3. The van der Waals surface area contributed by atoms with Gasteiger partial charge >= 0.3 is 0 Å². The smallest absolute Gasteiger partial charge is 0.268 e. The summed E-state index contributed by atoms with van der Waals surface area (Å²) in [4.78, 5) is 32.7. The standard InChI is InChI=1S/C35H29ClFN7O2.CH3Cl/c1-23-7-8-26(18-25(23)9-10-28-20-39-33-6-3-15-41-44(28)33)35(46)42-16-13-24(14-17-42)22-43-27(19-38)11-12-32(43)34(45)40-21-29-30(36)4-2-5-31(29)37;1-2/h2-8,11-12,15,18,20,24H,13-14,16-17,21-22H2,1H3,(H,40,45);1H3. The quantitative estimate of drug-likeness (QED) is 0.168. The van der Waals surface area contributed by atoms with Gasteiger partial charge in [0.1, 0.15) is 29.0 Å². The van der Waals surface area contributed by atoms with Crippen LogP contribution in [0, 0.1) is 41.8 Å². The summed E-state index contributed by atoms with van der Waals surface area (Å²) in [5.74, 6) is 5.46. The highest BCUT2D eigenvalue weighted by molar-refractivity contribution is 6.31. The molecule has 0 aliphatic carbocycles. The fraction of sp³-hybridized carbons (Fsp3) is 0.250. The number of nitrogens with zero attached hydrogens (tertiary/aromatic N) is 6.